The molecule has 100 valence electrons. The number of nitrogens with two attached hydrogens (primary N) is 1. The summed E-state index contributed by atoms with van der Waals surface area (Å²) in [5, 5.41) is 0. The van der Waals surface area contributed by atoms with Gasteiger partial charge in [0, 0.05) is 26.2 Å². The van der Waals surface area contributed by atoms with Crippen LogP contribution in [0.15, 0.2) is 24.3 Å². The number of benzene rings is 1. The molecule has 0 radical (unpaired) electrons. The number of hydrogen-bond acceptors (Lipinski definition) is 3. The van der Waals surface area contributed by atoms with Crippen LogP contribution in [0.25, 0.3) is 0 Å². The van der Waals surface area contributed by atoms with Crippen molar-refractivity contribution in [3.05, 3.63) is 35.6 Å². The van der Waals surface area contributed by atoms with Crippen LogP contribution in [0.4, 0.5) is 4.39 Å². The highest BCUT2D eigenvalue weighted by molar-refractivity contribution is 5.21. The van der Waals surface area contributed by atoms with E-state index in [0.717, 1.165) is 31.7 Å². The minimum Gasteiger partial charge on any atom is -0.384 e. The molecule has 1 aromatic carbocycles. The van der Waals surface area contributed by atoms with Crippen LogP contribution in [-0.4, -0.2) is 38.3 Å². The topological polar surface area (TPSA) is 38.5 Å². The molecule has 0 aliphatic carbocycles. The molecule has 2 N–H and O–H groups in total. The van der Waals surface area contributed by atoms with Gasteiger partial charge in [0.1, 0.15) is 5.82 Å². The summed E-state index contributed by atoms with van der Waals surface area (Å²) in [5.74, 6) is 0.371. The van der Waals surface area contributed by atoms with Crippen LogP contribution in [-0.2, 0) is 4.74 Å². The molecule has 0 amide bonds. The first-order chi connectivity index (χ1) is 8.74. The monoisotopic (exact) mass is 252 g/mol. The second kappa shape index (κ2) is 6.27. The van der Waals surface area contributed by atoms with Gasteiger partial charge >= 0.3 is 0 Å². The highest BCUT2D eigenvalue weighted by atomic mass is 19.1. The standard InChI is InChI=1S/C14H21FN2O/c1-18-10-11-5-6-17(9-11)14(8-16)12-3-2-4-13(15)7-12/h2-4,7,11,14H,5-6,8-10,16H2,1H3. The zero-order chi connectivity index (χ0) is 13.0. The Hall–Kier alpha value is -0.970. The molecule has 2 atom stereocenters. The molecule has 1 aromatic rings. The number of likely N-dealkylation sites (tertiary alicyclic amines) is 1. The van der Waals surface area contributed by atoms with Crippen LogP contribution in [0.3, 0.4) is 0 Å². The molecule has 0 saturated carbocycles. The molecule has 0 bridgehead atoms. The van der Waals surface area contributed by atoms with Crippen molar-refractivity contribution in [2.45, 2.75) is 12.5 Å². The van der Waals surface area contributed by atoms with E-state index >= 15 is 0 Å². The highest BCUT2D eigenvalue weighted by Gasteiger charge is 2.28. The third kappa shape index (κ3) is 3.07. The van der Waals surface area contributed by atoms with E-state index in [4.69, 9.17) is 10.5 Å². The van der Waals surface area contributed by atoms with E-state index in [1.54, 1.807) is 19.2 Å². The Morgan fingerprint density at radius 2 is 2.39 bits per heavy atom. The first-order valence-corrected chi connectivity index (χ1v) is 6.43. The lowest BCUT2D eigenvalue weighted by molar-refractivity contribution is 0.147. The van der Waals surface area contributed by atoms with Gasteiger partial charge in [-0.15, -0.1) is 0 Å². The number of ether oxygens (including phenoxy) is 1. The Morgan fingerprint density at radius 3 is 3.06 bits per heavy atom. The summed E-state index contributed by atoms with van der Waals surface area (Å²) < 4.78 is 18.5. The van der Waals surface area contributed by atoms with Gasteiger partial charge in [0.25, 0.3) is 0 Å². The predicted octanol–water partition coefficient (Wildman–Crippen LogP) is 1.79. The van der Waals surface area contributed by atoms with Gasteiger partial charge in [-0.2, -0.15) is 0 Å². The summed E-state index contributed by atoms with van der Waals surface area (Å²) in [6, 6.07) is 6.86. The van der Waals surface area contributed by atoms with Gasteiger partial charge < -0.3 is 10.5 Å². The van der Waals surface area contributed by atoms with E-state index < -0.39 is 0 Å². The Kier molecular flexibility index (Phi) is 4.69. The molecule has 1 saturated heterocycles. The first-order valence-electron chi connectivity index (χ1n) is 6.43. The molecule has 2 rings (SSSR count). The van der Waals surface area contributed by atoms with Crippen LogP contribution < -0.4 is 5.73 Å². The van der Waals surface area contributed by atoms with E-state index in [-0.39, 0.29) is 11.9 Å². The summed E-state index contributed by atoms with van der Waals surface area (Å²) >= 11 is 0. The van der Waals surface area contributed by atoms with E-state index in [1.165, 1.54) is 6.07 Å². The number of halogens is 1. The second-order valence-electron chi connectivity index (χ2n) is 4.91. The lowest BCUT2D eigenvalue weighted by Crippen LogP contribution is -2.32. The maximum Gasteiger partial charge on any atom is 0.123 e. The average molecular weight is 252 g/mol. The lowest BCUT2D eigenvalue weighted by Gasteiger charge is -2.27. The van der Waals surface area contributed by atoms with Gasteiger partial charge in [0.15, 0.2) is 0 Å². The van der Waals surface area contributed by atoms with Crippen molar-refractivity contribution in [3.63, 3.8) is 0 Å². The molecule has 1 aliphatic heterocycles. The van der Waals surface area contributed by atoms with E-state index in [9.17, 15) is 4.39 Å². The Balaban J connectivity index is 2.06. The summed E-state index contributed by atoms with van der Waals surface area (Å²) in [5.41, 5.74) is 6.83. The average Bonchev–Trinajstić information content (AvgIpc) is 2.79. The van der Waals surface area contributed by atoms with Crippen LogP contribution in [0.2, 0.25) is 0 Å². The molecule has 4 heteroatoms. The molecule has 1 heterocycles. The van der Waals surface area contributed by atoms with Crippen LogP contribution in [0, 0.1) is 11.7 Å². The Bertz CT molecular complexity index is 386. The van der Waals surface area contributed by atoms with Gasteiger partial charge in [-0.25, -0.2) is 4.39 Å². The molecular formula is C14H21FN2O. The largest absolute Gasteiger partial charge is 0.384 e. The number of rotatable bonds is 5. The first kappa shape index (κ1) is 13.5. The normalized spacial score (nSPS) is 22.3. The van der Waals surface area contributed by atoms with Crippen molar-refractivity contribution in [2.75, 3.05) is 33.4 Å². The van der Waals surface area contributed by atoms with Gasteiger partial charge in [-0.3, -0.25) is 4.90 Å². The minimum atomic E-state index is -0.196. The fourth-order valence-electron chi connectivity index (χ4n) is 2.73. The predicted molar refractivity (Wildman–Crippen MR) is 69.8 cm³/mol. The summed E-state index contributed by atoms with van der Waals surface area (Å²) in [6.07, 6.45) is 1.12. The van der Waals surface area contributed by atoms with Crippen molar-refractivity contribution in [2.24, 2.45) is 11.7 Å². The number of hydrogen-bond donors (Lipinski definition) is 1. The molecule has 2 unspecified atom stereocenters. The van der Waals surface area contributed by atoms with Gasteiger partial charge in [0.05, 0.1) is 6.61 Å². The molecule has 18 heavy (non-hydrogen) atoms. The van der Waals surface area contributed by atoms with Crippen LogP contribution in [0.1, 0.15) is 18.0 Å². The van der Waals surface area contributed by atoms with E-state index in [1.807, 2.05) is 6.07 Å². The van der Waals surface area contributed by atoms with E-state index in [2.05, 4.69) is 4.90 Å². The summed E-state index contributed by atoms with van der Waals surface area (Å²) in [6.45, 7) is 3.29. The maximum absolute atomic E-state index is 13.3. The molecule has 1 fully saturated rings. The smallest absolute Gasteiger partial charge is 0.123 e. The zero-order valence-electron chi connectivity index (χ0n) is 10.8. The summed E-state index contributed by atoms with van der Waals surface area (Å²) in [4.78, 5) is 2.33. The highest BCUT2D eigenvalue weighted by Crippen LogP contribution is 2.27. The summed E-state index contributed by atoms with van der Waals surface area (Å²) in [7, 11) is 1.73. The number of nitrogens with zero attached hydrogens (tertiary/aromatic N) is 1. The maximum atomic E-state index is 13.3. The third-order valence-corrected chi connectivity index (χ3v) is 3.62. The van der Waals surface area contributed by atoms with Crippen molar-refractivity contribution >= 4 is 0 Å². The second-order valence-corrected chi connectivity index (χ2v) is 4.91. The van der Waals surface area contributed by atoms with Crippen molar-refractivity contribution in [3.8, 4) is 0 Å². The number of methoxy groups -OCH3 is 1. The Labute approximate surface area is 108 Å². The van der Waals surface area contributed by atoms with E-state index in [0.29, 0.717) is 12.5 Å². The molecule has 1 aliphatic rings. The van der Waals surface area contributed by atoms with Crippen molar-refractivity contribution in [1.29, 1.82) is 0 Å². The SMILES string of the molecule is COCC1CCN(C(CN)c2cccc(F)c2)C1. The van der Waals surface area contributed by atoms with Gasteiger partial charge in [-0.1, -0.05) is 12.1 Å². The Morgan fingerprint density at radius 1 is 1.56 bits per heavy atom. The van der Waals surface area contributed by atoms with Crippen LogP contribution in [0.5, 0.6) is 0 Å². The van der Waals surface area contributed by atoms with Gasteiger partial charge in [0.2, 0.25) is 0 Å². The zero-order valence-corrected chi connectivity index (χ0v) is 10.8. The molecule has 0 spiro atoms. The quantitative estimate of drug-likeness (QED) is 0.868. The third-order valence-electron chi connectivity index (χ3n) is 3.62. The van der Waals surface area contributed by atoms with Crippen molar-refractivity contribution in [1.82, 2.24) is 4.90 Å². The molecule has 3 nitrogen and oxygen atoms in total. The van der Waals surface area contributed by atoms with Crippen LogP contribution >= 0.6 is 0 Å². The molecule has 0 aromatic heterocycles. The fraction of sp³-hybridized carbons (Fsp3) is 0.571. The van der Waals surface area contributed by atoms with Crippen molar-refractivity contribution < 1.29 is 9.13 Å². The minimum absolute atomic E-state index is 0.113. The van der Waals surface area contributed by atoms with Gasteiger partial charge in [-0.05, 0) is 36.6 Å². The molecular weight excluding hydrogens is 231 g/mol. The lowest BCUT2D eigenvalue weighted by atomic mass is 10.1. The fourth-order valence-corrected chi connectivity index (χ4v) is 2.73.